The van der Waals surface area contributed by atoms with Crippen molar-refractivity contribution in [3.8, 4) is 0 Å². The lowest BCUT2D eigenvalue weighted by molar-refractivity contribution is 0.0919. The highest BCUT2D eigenvalue weighted by atomic mass is 127. The standard InChI is InChI=1S/C23H32N4O.HI/c1-6-24-22(26-16-20-12-8-7-10-17(20)2)25-15-18-11-9-13-19(14-18)21(28)27-23(3,4)5;/h7-14H,6,15-16H2,1-5H3,(H,27,28)(H2,24,25,26);1H. The second kappa shape index (κ2) is 11.8. The van der Waals surface area contributed by atoms with Crippen molar-refractivity contribution in [3.63, 3.8) is 0 Å². The highest BCUT2D eigenvalue weighted by Gasteiger charge is 2.15. The molecule has 2 rings (SSSR count). The lowest BCUT2D eigenvalue weighted by atomic mass is 10.1. The summed E-state index contributed by atoms with van der Waals surface area (Å²) in [6.45, 7) is 12.1. The summed E-state index contributed by atoms with van der Waals surface area (Å²) < 4.78 is 0. The molecule has 0 saturated carbocycles. The van der Waals surface area contributed by atoms with Gasteiger partial charge in [0.2, 0.25) is 0 Å². The molecule has 0 aromatic heterocycles. The number of carbonyl (C=O) groups excluding carboxylic acids is 1. The van der Waals surface area contributed by atoms with Gasteiger partial charge in [-0.1, -0.05) is 36.4 Å². The lowest BCUT2D eigenvalue weighted by Gasteiger charge is -2.20. The number of nitrogens with zero attached hydrogens (tertiary/aromatic N) is 1. The molecule has 0 aliphatic heterocycles. The first-order valence-electron chi connectivity index (χ1n) is 9.76. The van der Waals surface area contributed by atoms with Gasteiger partial charge in [-0.05, 0) is 63.4 Å². The number of halogens is 1. The zero-order valence-electron chi connectivity index (χ0n) is 18.0. The summed E-state index contributed by atoms with van der Waals surface area (Å²) in [6, 6.07) is 15.9. The number of aliphatic imine (C=N–C) groups is 1. The minimum atomic E-state index is -0.261. The van der Waals surface area contributed by atoms with Crippen LogP contribution < -0.4 is 16.0 Å². The van der Waals surface area contributed by atoms with E-state index in [1.165, 1.54) is 11.1 Å². The average molecular weight is 508 g/mol. The van der Waals surface area contributed by atoms with Gasteiger partial charge in [0.15, 0.2) is 5.96 Å². The van der Waals surface area contributed by atoms with Crippen LogP contribution >= 0.6 is 24.0 Å². The fraction of sp³-hybridized carbons (Fsp3) is 0.391. The molecule has 158 valence electrons. The van der Waals surface area contributed by atoms with E-state index in [-0.39, 0.29) is 35.4 Å². The van der Waals surface area contributed by atoms with Crippen molar-refractivity contribution in [3.05, 3.63) is 70.8 Å². The van der Waals surface area contributed by atoms with Crippen molar-refractivity contribution in [1.82, 2.24) is 16.0 Å². The minimum absolute atomic E-state index is 0. The van der Waals surface area contributed by atoms with Crippen molar-refractivity contribution in [1.29, 1.82) is 0 Å². The second-order valence-electron chi connectivity index (χ2n) is 7.88. The molecular weight excluding hydrogens is 475 g/mol. The van der Waals surface area contributed by atoms with E-state index in [4.69, 9.17) is 0 Å². The van der Waals surface area contributed by atoms with Gasteiger partial charge in [0.05, 0.1) is 6.54 Å². The topological polar surface area (TPSA) is 65.5 Å². The van der Waals surface area contributed by atoms with Gasteiger partial charge in [0.1, 0.15) is 0 Å². The molecule has 29 heavy (non-hydrogen) atoms. The molecule has 1 amide bonds. The van der Waals surface area contributed by atoms with Gasteiger partial charge in [-0.3, -0.25) is 4.79 Å². The molecule has 2 aromatic carbocycles. The Labute approximate surface area is 191 Å². The molecule has 3 N–H and O–H groups in total. The van der Waals surface area contributed by atoms with Crippen LogP contribution in [0.15, 0.2) is 53.5 Å². The first-order valence-corrected chi connectivity index (χ1v) is 9.76. The number of hydrogen-bond acceptors (Lipinski definition) is 2. The molecule has 0 spiro atoms. The first-order chi connectivity index (χ1) is 13.3. The van der Waals surface area contributed by atoms with Gasteiger partial charge in [-0.25, -0.2) is 4.99 Å². The van der Waals surface area contributed by atoms with E-state index in [1.807, 2.05) is 64.1 Å². The molecule has 0 unspecified atom stereocenters. The largest absolute Gasteiger partial charge is 0.357 e. The summed E-state index contributed by atoms with van der Waals surface area (Å²) >= 11 is 0. The van der Waals surface area contributed by atoms with Gasteiger partial charge in [0.25, 0.3) is 5.91 Å². The number of aryl methyl sites for hydroxylation is 1. The number of rotatable bonds is 6. The number of carbonyl (C=O) groups is 1. The number of amides is 1. The Bertz CT molecular complexity index is 828. The van der Waals surface area contributed by atoms with Crippen molar-refractivity contribution in [2.45, 2.75) is 53.2 Å². The Morgan fingerprint density at radius 1 is 1.03 bits per heavy atom. The molecule has 0 radical (unpaired) electrons. The zero-order valence-corrected chi connectivity index (χ0v) is 20.3. The van der Waals surface area contributed by atoms with E-state index in [0.717, 1.165) is 18.1 Å². The average Bonchev–Trinajstić information content (AvgIpc) is 2.64. The summed E-state index contributed by atoms with van der Waals surface area (Å²) in [5.74, 6) is 0.693. The molecule has 0 heterocycles. The monoisotopic (exact) mass is 508 g/mol. The van der Waals surface area contributed by atoms with Crippen molar-refractivity contribution < 1.29 is 4.79 Å². The predicted octanol–water partition coefficient (Wildman–Crippen LogP) is 4.40. The van der Waals surface area contributed by atoms with Crippen LogP contribution in [0.3, 0.4) is 0 Å². The fourth-order valence-corrected chi connectivity index (χ4v) is 2.72. The highest BCUT2D eigenvalue weighted by Crippen LogP contribution is 2.10. The molecule has 0 atom stereocenters. The van der Waals surface area contributed by atoms with E-state index in [2.05, 4.69) is 40.0 Å². The van der Waals surface area contributed by atoms with E-state index >= 15 is 0 Å². The van der Waals surface area contributed by atoms with Crippen LogP contribution in [0, 0.1) is 6.92 Å². The van der Waals surface area contributed by atoms with Gasteiger partial charge in [0, 0.05) is 24.2 Å². The third-order valence-electron chi connectivity index (χ3n) is 4.15. The summed E-state index contributed by atoms with van der Waals surface area (Å²) in [4.78, 5) is 17.0. The number of nitrogens with one attached hydrogen (secondary N) is 3. The Hall–Kier alpha value is -2.09. The van der Waals surface area contributed by atoms with E-state index in [1.54, 1.807) is 0 Å². The second-order valence-corrected chi connectivity index (χ2v) is 7.88. The summed E-state index contributed by atoms with van der Waals surface area (Å²) in [5, 5.41) is 9.64. The minimum Gasteiger partial charge on any atom is -0.357 e. The van der Waals surface area contributed by atoms with Crippen molar-refractivity contribution in [2.24, 2.45) is 4.99 Å². The van der Waals surface area contributed by atoms with Gasteiger partial charge in [-0.15, -0.1) is 24.0 Å². The molecule has 0 fully saturated rings. The Kier molecular flexibility index (Phi) is 10.2. The molecule has 0 aliphatic carbocycles. The van der Waals surface area contributed by atoms with E-state index < -0.39 is 0 Å². The molecule has 2 aromatic rings. The van der Waals surface area contributed by atoms with Crippen LogP contribution in [0.2, 0.25) is 0 Å². The SMILES string of the molecule is CCNC(=NCc1cccc(C(=O)NC(C)(C)C)c1)NCc1ccccc1C.I. The highest BCUT2D eigenvalue weighted by molar-refractivity contribution is 14.0. The molecule has 0 bridgehead atoms. The maximum absolute atomic E-state index is 12.4. The van der Waals surface area contributed by atoms with Crippen LogP contribution in [0.4, 0.5) is 0 Å². The summed E-state index contributed by atoms with van der Waals surface area (Å²) in [5.41, 5.74) is 3.88. The zero-order chi connectivity index (χ0) is 20.6. The van der Waals surface area contributed by atoms with E-state index in [9.17, 15) is 4.79 Å². The lowest BCUT2D eigenvalue weighted by Crippen LogP contribution is -2.40. The molecule has 0 aliphatic rings. The van der Waals surface area contributed by atoms with E-state index in [0.29, 0.717) is 18.7 Å². The van der Waals surface area contributed by atoms with Gasteiger partial charge < -0.3 is 16.0 Å². The maximum atomic E-state index is 12.4. The normalized spacial score (nSPS) is 11.4. The number of guanidine groups is 1. The Balaban J connectivity index is 0.00000420. The van der Waals surface area contributed by atoms with Gasteiger partial charge in [-0.2, -0.15) is 0 Å². The first kappa shape index (κ1) is 24.9. The van der Waals surface area contributed by atoms with Crippen LogP contribution in [0.5, 0.6) is 0 Å². The number of benzene rings is 2. The Morgan fingerprint density at radius 3 is 2.41 bits per heavy atom. The predicted molar refractivity (Wildman–Crippen MR) is 132 cm³/mol. The molecule has 5 nitrogen and oxygen atoms in total. The fourth-order valence-electron chi connectivity index (χ4n) is 2.72. The van der Waals surface area contributed by atoms with Crippen LogP contribution in [0.1, 0.15) is 54.7 Å². The van der Waals surface area contributed by atoms with Crippen molar-refractivity contribution in [2.75, 3.05) is 6.54 Å². The third-order valence-corrected chi connectivity index (χ3v) is 4.15. The number of hydrogen-bond donors (Lipinski definition) is 3. The third kappa shape index (κ3) is 8.85. The van der Waals surface area contributed by atoms with Gasteiger partial charge >= 0.3 is 0 Å². The summed E-state index contributed by atoms with van der Waals surface area (Å²) in [7, 11) is 0. The van der Waals surface area contributed by atoms with Crippen LogP contribution in [-0.4, -0.2) is 24.0 Å². The quantitative estimate of drug-likeness (QED) is 0.308. The molecule has 6 heteroatoms. The Morgan fingerprint density at radius 2 is 1.76 bits per heavy atom. The molecular formula is C23H33IN4O. The smallest absolute Gasteiger partial charge is 0.251 e. The van der Waals surface area contributed by atoms with Crippen LogP contribution in [-0.2, 0) is 13.1 Å². The molecule has 0 saturated heterocycles. The van der Waals surface area contributed by atoms with Crippen LogP contribution in [0.25, 0.3) is 0 Å². The maximum Gasteiger partial charge on any atom is 0.251 e. The van der Waals surface area contributed by atoms with Crippen molar-refractivity contribution >= 4 is 35.8 Å². The summed E-state index contributed by atoms with van der Waals surface area (Å²) in [6.07, 6.45) is 0.